The van der Waals surface area contributed by atoms with Gasteiger partial charge in [0.25, 0.3) is 0 Å². The Bertz CT molecular complexity index is 574. The first-order valence-corrected chi connectivity index (χ1v) is 9.06. The van der Waals surface area contributed by atoms with E-state index in [0.29, 0.717) is 32.7 Å². The highest BCUT2D eigenvalue weighted by atomic mass is 35.5. The van der Waals surface area contributed by atoms with Gasteiger partial charge in [-0.1, -0.05) is 25.3 Å². The first-order valence-electron chi connectivity index (χ1n) is 9.06. The Labute approximate surface area is 156 Å². The molecule has 1 fully saturated rings. The third kappa shape index (κ3) is 5.25. The molecule has 1 aromatic rings. The highest BCUT2D eigenvalue weighted by Crippen LogP contribution is 2.38. The molecule has 25 heavy (non-hydrogen) atoms. The number of carbonyl (C=O) groups excluding carboxylic acids is 1. The number of carbonyl (C=O) groups is 1. The Hall–Kier alpha value is -1.46. The summed E-state index contributed by atoms with van der Waals surface area (Å²) in [6.07, 6.45) is 7.18. The van der Waals surface area contributed by atoms with Crippen LogP contribution < -0.4 is 20.5 Å². The molecule has 3 rings (SSSR count). The van der Waals surface area contributed by atoms with Gasteiger partial charge in [0.15, 0.2) is 11.5 Å². The van der Waals surface area contributed by atoms with Crippen molar-refractivity contribution in [3.63, 3.8) is 0 Å². The fraction of sp³-hybridized carbons (Fsp3) is 0.632. The summed E-state index contributed by atoms with van der Waals surface area (Å²) in [5.74, 6) is 1.73. The topological polar surface area (TPSA) is 73.6 Å². The molecule has 0 radical (unpaired) electrons. The summed E-state index contributed by atoms with van der Waals surface area (Å²) < 4.78 is 11.1. The van der Waals surface area contributed by atoms with E-state index in [9.17, 15) is 4.79 Å². The van der Waals surface area contributed by atoms with E-state index in [-0.39, 0.29) is 23.7 Å². The van der Waals surface area contributed by atoms with Gasteiger partial charge in [-0.3, -0.25) is 4.79 Å². The standard InChI is InChI=1S/C19H28N2O3.ClH/c20-14-19(7-2-1-3-8-19)13-18(22)21-9-6-15-4-5-16-17(12-15)24-11-10-23-16;/h4-5,12H,1-3,6-11,13-14,20H2,(H,21,22);1H. The van der Waals surface area contributed by atoms with Gasteiger partial charge in [-0.2, -0.15) is 0 Å². The monoisotopic (exact) mass is 368 g/mol. The van der Waals surface area contributed by atoms with Crippen LogP contribution in [0.1, 0.15) is 44.1 Å². The number of hydrogen-bond donors (Lipinski definition) is 2. The van der Waals surface area contributed by atoms with Crippen molar-refractivity contribution >= 4 is 18.3 Å². The molecule has 0 spiro atoms. The first-order chi connectivity index (χ1) is 11.7. The lowest BCUT2D eigenvalue weighted by Crippen LogP contribution is -2.39. The van der Waals surface area contributed by atoms with Crippen LogP contribution in [-0.2, 0) is 11.2 Å². The molecule has 140 valence electrons. The lowest BCUT2D eigenvalue weighted by atomic mass is 9.71. The van der Waals surface area contributed by atoms with E-state index in [1.807, 2.05) is 18.2 Å². The normalized spacial score (nSPS) is 18.1. The predicted molar refractivity (Wildman–Crippen MR) is 101 cm³/mol. The molecule has 6 heteroatoms. The van der Waals surface area contributed by atoms with Crippen molar-refractivity contribution in [2.45, 2.75) is 44.9 Å². The molecule has 0 bridgehead atoms. The van der Waals surface area contributed by atoms with Crippen LogP contribution in [0.5, 0.6) is 11.5 Å². The number of benzene rings is 1. The summed E-state index contributed by atoms with van der Waals surface area (Å²) in [7, 11) is 0. The number of nitrogens with one attached hydrogen (secondary N) is 1. The fourth-order valence-electron chi connectivity index (χ4n) is 3.75. The maximum atomic E-state index is 12.3. The Morgan fingerprint density at radius 1 is 1.12 bits per heavy atom. The van der Waals surface area contributed by atoms with Crippen LogP contribution in [0.4, 0.5) is 0 Å². The third-order valence-corrected chi connectivity index (χ3v) is 5.23. The van der Waals surface area contributed by atoms with E-state index in [0.717, 1.165) is 36.3 Å². The van der Waals surface area contributed by atoms with Gasteiger partial charge in [0.1, 0.15) is 13.2 Å². The molecule has 0 atom stereocenters. The second-order valence-electron chi connectivity index (χ2n) is 7.02. The van der Waals surface area contributed by atoms with Crippen LogP contribution >= 0.6 is 12.4 Å². The van der Waals surface area contributed by atoms with Gasteiger partial charge < -0.3 is 20.5 Å². The average Bonchev–Trinajstić information content (AvgIpc) is 2.62. The maximum absolute atomic E-state index is 12.3. The molecule has 0 aromatic heterocycles. The average molecular weight is 369 g/mol. The Balaban J connectivity index is 0.00000225. The highest BCUT2D eigenvalue weighted by molar-refractivity contribution is 5.85. The Morgan fingerprint density at radius 2 is 1.84 bits per heavy atom. The largest absolute Gasteiger partial charge is 0.486 e. The summed E-state index contributed by atoms with van der Waals surface area (Å²) in [6.45, 7) is 2.45. The van der Waals surface area contributed by atoms with Crippen LogP contribution in [0.3, 0.4) is 0 Å². The smallest absolute Gasteiger partial charge is 0.220 e. The van der Waals surface area contributed by atoms with Crippen LogP contribution in [0.2, 0.25) is 0 Å². The van der Waals surface area contributed by atoms with Gasteiger partial charge in [0.2, 0.25) is 5.91 Å². The summed E-state index contributed by atoms with van der Waals surface area (Å²) in [5, 5.41) is 3.05. The van der Waals surface area contributed by atoms with Crippen molar-refractivity contribution in [1.29, 1.82) is 0 Å². The zero-order valence-corrected chi connectivity index (χ0v) is 15.5. The maximum Gasteiger partial charge on any atom is 0.220 e. The molecule has 1 saturated carbocycles. The molecule has 1 aromatic carbocycles. The van der Waals surface area contributed by atoms with Crippen LogP contribution in [0.15, 0.2) is 18.2 Å². The van der Waals surface area contributed by atoms with Crippen molar-refractivity contribution in [2.24, 2.45) is 11.1 Å². The van der Waals surface area contributed by atoms with E-state index in [2.05, 4.69) is 5.32 Å². The van der Waals surface area contributed by atoms with Crippen LogP contribution in [-0.4, -0.2) is 32.2 Å². The molecule has 1 heterocycles. The van der Waals surface area contributed by atoms with Crippen molar-refractivity contribution < 1.29 is 14.3 Å². The van der Waals surface area contributed by atoms with Crippen LogP contribution in [0, 0.1) is 5.41 Å². The van der Waals surface area contributed by atoms with E-state index in [1.54, 1.807) is 0 Å². The van der Waals surface area contributed by atoms with Gasteiger partial charge in [0, 0.05) is 13.0 Å². The second kappa shape index (κ2) is 9.30. The minimum absolute atomic E-state index is 0. The number of fused-ring (bicyclic) bond motifs is 1. The third-order valence-electron chi connectivity index (χ3n) is 5.23. The lowest BCUT2D eigenvalue weighted by Gasteiger charge is -2.35. The molecule has 1 aliphatic carbocycles. The van der Waals surface area contributed by atoms with Crippen molar-refractivity contribution in [3.8, 4) is 11.5 Å². The molecule has 0 saturated heterocycles. The van der Waals surface area contributed by atoms with Gasteiger partial charge in [0.05, 0.1) is 0 Å². The number of nitrogens with two attached hydrogens (primary N) is 1. The number of rotatable bonds is 6. The minimum Gasteiger partial charge on any atom is -0.486 e. The second-order valence-corrected chi connectivity index (χ2v) is 7.02. The quantitative estimate of drug-likeness (QED) is 0.809. The summed E-state index contributed by atoms with van der Waals surface area (Å²) in [5.41, 5.74) is 7.14. The lowest BCUT2D eigenvalue weighted by molar-refractivity contribution is -0.123. The van der Waals surface area contributed by atoms with Gasteiger partial charge >= 0.3 is 0 Å². The molecule has 3 N–H and O–H groups in total. The van der Waals surface area contributed by atoms with Crippen molar-refractivity contribution in [2.75, 3.05) is 26.3 Å². The zero-order chi connectivity index (χ0) is 16.8. The van der Waals surface area contributed by atoms with E-state index in [4.69, 9.17) is 15.2 Å². The Kier molecular flexibility index (Phi) is 7.38. The summed E-state index contributed by atoms with van der Waals surface area (Å²) in [4.78, 5) is 12.3. The molecule has 5 nitrogen and oxygen atoms in total. The predicted octanol–water partition coefficient (Wildman–Crippen LogP) is 2.84. The molecule has 0 unspecified atom stereocenters. The van der Waals surface area contributed by atoms with E-state index >= 15 is 0 Å². The van der Waals surface area contributed by atoms with E-state index < -0.39 is 0 Å². The summed E-state index contributed by atoms with van der Waals surface area (Å²) >= 11 is 0. The van der Waals surface area contributed by atoms with Crippen molar-refractivity contribution in [1.82, 2.24) is 5.32 Å². The van der Waals surface area contributed by atoms with Crippen LogP contribution in [0.25, 0.3) is 0 Å². The SMILES string of the molecule is Cl.NCC1(CC(=O)NCCc2ccc3c(c2)OCCO3)CCCCC1. The zero-order valence-electron chi connectivity index (χ0n) is 14.7. The minimum atomic E-state index is 0. The molecule has 1 amide bonds. The number of halogens is 1. The van der Waals surface area contributed by atoms with Gasteiger partial charge in [-0.15, -0.1) is 12.4 Å². The highest BCUT2D eigenvalue weighted by Gasteiger charge is 2.32. The van der Waals surface area contributed by atoms with Crippen molar-refractivity contribution in [3.05, 3.63) is 23.8 Å². The first kappa shape index (κ1) is 19.9. The molecular formula is C19H29ClN2O3. The Morgan fingerprint density at radius 3 is 2.56 bits per heavy atom. The molecule has 1 aliphatic heterocycles. The van der Waals surface area contributed by atoms with Gasteiger partial charge in [-0.05, 0) is 48.9 Å². The van der Waals surface area contributed by atoms with E-state index in [1.165, 1.54) is 19.3 Å². The van der Waals surface area contributed by atoms with Gasteiger partial charge in [-0.25, -0.2) is 0 Å². The molecular weight excluding hydrogens is 340 g/mol. The summed E-state index contributed by atoms with van der Waals surface area (Å²) in [6, 6.07) is 5.97. The number of hydrogen-bond acceptors (Lipinski definition) is 4. The fourth-order valence-corrected chi connectivity index (χ4v) is 3.75. The number of amides is 1. The molecule has 2 aliphatic rings. The number of ether oxygens (including phenoxy) is 2.